The predicted molar refractivity (Wildman–Crippen MR) is 120 cm³/mol. The second kappa shape index (κ2) is 9.00. The van der Waals surface area contributed by atoms with Crippen LogP contribution in [0.5, 0.6) is 5.75 Å². The Balaban J connectivity index is 1.30. The molecule has 0 spiro atoms. The van der Waals surface area contributed by atoms with Gasteiger partial charge in [0, 0.05) is 36.3 Å². The average molecular weight is 445 g/mol. The number of aliphatic imine (C=N–C) groups is 1. The van der Waals surface area contributed by atoms with E-state index in [9.17, 15) is 9.90 Å². The van der Waals surface area contributed by atoms with Gasteiger partial charge < -0.3 is 9.84 Å². The van der Waals surface area contributed by atoms with Crippen LogP contribution in [0.25, 0.3) is 0 Å². The Hall–Kier alpha value is -2.02. The molecule has 1 aromatic rings. The maximum atomic E-state index is 12.6. The van der Waals surface area contributed by atoms with E-state index in [-0.39, 0.29) is 29.2 Å². The number of hydrogen-bond acceptors (Lipinski definition) is 9. The topological polar surface area (TPSA) is 86.9 Å². The maximum Gasteiger partial charge on any atom is 0.324 e. The Bertz CT molecular complexity index is 908. The minimum Gasteiger partial charge on any atom is -0.507 e. The van der Waals surface area contributed by atoms with E-state index in [2.05, 4.69) is 21.0 Å². The van der Waals surface area contributed by atoms with Gasteiger partial charge in [-0.2, -0.15) is 10.2 Å². The van der Waals surface area contributed by atoms with E-state index in [4.69, 9.17) is 16.2 Å². The zero-order chi connectivity index (χ0) is 21.1. The van der Waals surface area contributed by atoms with Gasteiger partial charge >= 0.3 is 5.97 Å². The van der Waals surface area contributed by atoms with Gasteiger partial charge in [0.15, 0.2) is 5.66 Å². The minimum atomic E-state index is -0.430. The summed E-state index contributed by atoms with van der Waals surface area (Å²) in [6.07, 6.45) is 7.21. The summed E-state index contributed by atoms with van der Waals surface area (Å²) < 4.78 is 5.53. The molecule has 1 fully saturated rings. The number of phenols is 1. The van der Waals surface area contributed by atoms with Crippen molar-refractivity contribution >= 4 is 34.5 Å². The van der Waals surface area contributed by atoms with Crippen molar-refractivity contribution in [3.8, 4) is 18.1 Å². The highest BCUT2D eigenvalue weighted by atomic mass is 32.2. The van der Waals surface area contributed by atoms with Gasteiger partial charge in [-0.3, -0.25) is 14.7 Å². The van der Waals surface area contributed by atoms with Crippen LogP contribution < -0.4 is 0 Å². The highest BCUT2D eigenvalue weighted by molar-refractivity contribution is 8.14. The van der Waals surface area contributed by atoms with E-state index in [1.165, 1.54) is 0 Å². The number of phenolic OH excluding ortho intramolecular Hbond substituents is 1. The molecule has 4 rings (SSSR count). The van der Waals surface area contributed by atoms with Crippen LogP contribution >= 0.6 is 23.5 Å². The number of benzene rings is 1. The smallest absolute Gasteiger partial charge is 0.324 e. The van der Waals surface area contributed by atoms with Crippen molar-refractivity contribution in [2.24, 2.45) is 15.2 Å². The van der Waals surface area contributed by atoms with Gasteiger partial charge in [-0.1, -0.05) is 12.1 Å². The van der Waals surface area contributed by atoms with Crippen molar-refractivity contribution in [1.82, 2.24) is 4.90 Å². The van der Waals surface area contributed by atoms with E-state index >= 15 is 0 Å². The van der Waals surface area contributed by atoms with Crippen LogP contribution in [0.1, 0.15) is 24.8 Å². The van der Waals surface area contributed by atoms with Crippen molar-refractivity contribution in [3.05, 3.63) is 29.8 Å². The Labute approximate surface area is 184 Å². The van der Waals surface area contributed by atoms with Crippen LogP contribution in [0.15, 0.2) is 39.5 Å². The number of nitrogens with zero attached hydrogens (tertiary/aromatic N) is 4. The lowest BCUT2D eigenvalue weighted by molar-refractivity contribution is -0.148. The molecule has 0 radical (unpaired) electrons. The van der Waals surface area contributed by atoms with Crippen molar-refractivity contribution in [2.75, 3.05) is 25.2 Å². The molecule has 0 unspecified atom stereocenters. The fraction of sp³-hybridized carbons (Fsp3) is 0.524. The van der Waals surface area contributed by atoms with Gasteiger partial charge in [0.1, 0.15) is 16.8 Å². The third kappa shape index (κ3) is 4.51. The zero-order valence-corrected chi connectivity index (χ0v) is 18.4. The third-order valence-corrected chi connectivity index (χ3v) is 8.13. The first-order chi connectivity index (χ1) is 14.5. The molecule has 0 saturated carbocycles. The van der Waals surface area contributed by atoms with Crippen molar-refractivity contribution in [1.29, 1.82) is 0 Å². The molecular weight excluding hydrogens is 420 g/mol. The molecule has 3 heterocycles. The molecule has 0 bridgehead atoms. The molecule has 3 aliphatic heterocycles. The van der Waals surface area contributed by atoms with Crippen molar-refractivity contribution in [3.63, 3.8) is 0 Å². The lowest BCUT2D eigenvalue weighted by atomic mass is 10.1. The summed E-state index contributed by atoms with van der Waals surface area (Å²) in [5.41, 5.74) is 0.335. The number of carbonyl (C=O) groups excluding carboxylic acids is 1. The summed E-state index contributed by atoms with van der Waals surface area (Å²) in [4.78, 5) is 19.5. The van der Waals surface area contributed by atoms with Crippen molar-refractivity contribution < 1.29 is 14.6 Å². The molecule has 1 N–H and O–H groups in total. The van der Waals surface area contributed by atoms with Crippen molar-refractivity contribution in [2.45, 2.75) is 42.4 Å². The molecular formula is C21H24N4O3S2. The molecule has 0 aromatic heterocycles. The van der Waals surface area contributed by atoms with Gasteiger partial charge in [0.25, 0.3) is 0 Å². The van der Waals surface area contributed by atoms with Crippen LogP contribution in [-0.4, -0.2) is 69.3 Å². The number of rotatable bonds is 8. The SMILES string of the molecule is C#CCCC1(CCOC(=O)[C@H]2CS[C@H]([C@@H]3CSC(c4ccccc4O)=N3)N2C)N=N1. The van der Waals surface area contributed by atoms with E-state index in [0.717, 1.165) is 16.4 Å². The van der Waals surface area contributed by atoms with Gasteiger partial charge in [-0.25, -0.2) is 0 Å². The van der Waals surface area contributed by atoms with Crippen LogP contribution in [0.4, 0.5) is 0 Å². The summed E-state index contributed by atoms with van der Waals surface area (Å²) in [6, 6.07) is 7.03. The third-order valence-electron chi connectivity index (χ3n) is 5.53. The standard InChI is InChI=1S/C21H24N4O3S2/c1-3-4-9-21(23-24-21)10-11-28-20(27)16-13-30-19(25(16)2)15-12-29-18(22-15)14-7-5-6-8-17(14)26/h1,5-8,15-16,19,26H,4,9-13H2,2H3/t15-,16+,19+/m0/s1. The fourth-order valence-corrected chi connectivity index (χ4v) is 6.39. The molecule has 158 valence electrons. The number of carbonyl (C=O) groups is 1. The average Bonchev–Trinajstić information content (AvgIpc) is 3.15. The Morgan fingerprint density at radius 3 is 2.90 bits per heavy atom. The minimum absolute atomic E-state index is 0.0634. The molecule has 0 aliphatic carbocycles. The fourth-order valence-electron chi connectivity index (χ4n) is 3.64. The molecule has 7 nitrogen and oxygen atoms in total. The van der Waals surface area contributed by atoms with Crippen LogP contribution in [0.3, 0.4) is 0 Å². The first kappa shape index (κ1) is 21.2. The Kier molecular flexibility index (Phi) is 6.37. The molecule has 30 heavy (non-hydrogen) atoms. The zero-order valence-electron chi connectivity index (χ0n) is 16.7. The monoisotopic (exact) mass is 444 g/mol. The molecule has 9 heteroatoms. The molecule has 1 aromatic carbocycles. The molecule has 0 amide bonds. The van der Waals surface area contributed by atoms with Gasteiger partial charge in [0.2, 0.25) is 0 Å². The van der Waals surface area contributed by atoms with Crippen LogP contribution in [0, 0.1) is 12.3 Å². The summed E-state index contributed by atoms with van der Waals surface area (Å²) in [7, 11) is 1.95. The second-order valence-corrected chi connectivity index (χ2v) is 9.70. The largest absolute Gasteiger partial charge is 0.507 e. The number of terminal acetylenes is 1. The highest BCUT2D eigenvalue weighted by Gasteiger charge is 2.43. The van der Waals surface area contributed by atoms with E-state index in [1.54, 1.807) is 35.7 Å². The molecule has 3 atom stereocenters. The summed E-state index contributed by atoms with van der Waals surface area (Å²) in [5, 5.41) is 19.2. The van der Waals surface area contributed by atoms with Crippen LogP contribution in [0.2, 0.25) is 0 Å². The lowest BCUT2D eigenvalue weighted by Crippen LogP contribution is -2.43. The van der Waals surface area contributed by atoms with E-state index < -0.39 is 5.66 Å². The maximum absolute atomic E-state index is 12.6. The normalized spacial score (nSPS) is 26.9. The van der Waals surface area contributed by atoms with E-state index in [1.807, 2.05) is 19.2 Å². The molecule has 3 aliphatic rings. The number of esters is 1. The quantitative estimate of drug-likeness (QED) is 0.490. The predicted octanol–water partition coefficient (Wildman–Crippen LogP) is 3.14. The van der Waals surface area contributed by atoms with Crippen LogP contribution in [-0.2, 0) is 9.53 Å². The Morgan fingerprint density at radius 1 is 1.37 bits per heavy atom. The lowest BCUT2D eigenvalue weighted by Gasteiger charge is -2.26. The van der Waals surface area contributed by atoms with Gasteiger partial charge in [-0.15, -0.1) is 35.9 Å². The highest BCUT2D eigenvalue weighted by Crippen LogP contribution is 2.39. The summed E-state index contributed by atoms with van der Waals surface area (Å²) in [6.45, 7) is 0.297. The first-order valence-corrected chi connectivity index (χ1v) is 11.9. The second-order valence-electron chi connectivity index (χ2n) is 7.54. The molecule has 1 saturated heterocycles. The summed E-state index contributed by atoms with van der Waals surface area (Å²) in [5.74, 6) is 4.14. The van der Waals surface area contributed by atoms with E-state index in [0.29, 0.717) is 31.6 Å². The van der Waals surface area contributed by atoms with Gasteiger partial charge in [-0.05, 0) is 19.2 Å². The Morgan fingerprint density at radius 2 is 2.17 bits per heavy atom. The number of para-hydroxylation sites is 1. The number of ether oxygens (including phenoxy) is 1. The number of aromatic hydroxyl groups is 1. The first-order valence-electron chi connectivity index (χ1n) is 9.90. The summed E-state index contributed by atoms with van der Waals surface area (Å²) >= 11 is 3.38. The number of likely N-dealkylation sites (N-methyl/N-ethyl adjacent to an activating group) is 1. The number of thioether (sulfide) groups is 2. The number of hydrogen-bond donors (Lipinski definition) is 1. The van der Waals surface area contributed by atoms with Gasteiger partial charge in [0.05, 0.1) is 18.0 Å².